The van der Waals surface area contributed by atoms with E-state index in [0.717, 1.165) is 11.1 Å². The molecule has 0 radical (unpaired) electrons. The second-order valence-corrected chi connectivity index (χ2v) is 4.56. The maximum atomic E-state index is 12.0. The lowest BCUT2D eigenvalue weighted by molar-refractivity contribution is 0.0950. The van der Waals surface area contributed by atoms with Crippen molar-refractivity contribution in [2.45, 2.75) is 19.9 Å². The molecule has 0 atom stereocenters. The van der Waals surface area contributed by atoms with Crippen molar-refractivity contribution in [3.05, 3.63) is 59.0 Å². The molecule has 1 aromatic heterocycles. The number of hydrogen-bond acceptors (Lipinski definition) is 3. The number of hydrogen-bond donors (Lipinski definition) is 2. The SMILES string of the molecule is Cc1cc(C(=O)NCc2ccccc2C#CCCO)co1. The first kappa shape index (κ1) is 14.9. The Bertz CT molecular complexity index is 677. The van der Waals surface area contributed by atoms with Gasteiger partial charge in [-0.1, -0.05) is 30.0 Å². The Hall–Kier alpha value is -2.51. The predicted octanol–water partition coefficient (Wildman–Crippen LogP) is 2.25. The van der Waals surface area contributed by atoms with Gasteiger partial charge in [-0.15, -0.1) is 0 Å². The van der Waals surface area contributed by atoms with E-state index in [1.807, 2.05) is 24.3 Å². The number of nitrogens with one attached hydrogen (secondary N) is 1. The van der Waals surface area contributed by atoms with Gasteiger partial charge in [0.1, 0.15) is 12.0 Å². The van der Waals surface area contributed by atoms with E-state index < -0.39 is 0 Å². The molecule has 21 heavy (non-hydrogen) atoms. The van der Waals surface area contributed by atoms with Gasteiger partial charge < -0.3 is 14.8 Å². The van der Waals surface area contributed by atoms with Gasteiger partial charge in [0.25, 0.3) is 5.91 Å². The second kappa shape index (κ2) is 7.32. The molecule has 2 N–H and O–H groups in total. The highest BCUT2D eigenvalue weighted by molar-refractivity contribution is 5.93. The first-order valence-electron chi connectivity index (χ1n) is 6.71. The van der Waals surface area contributed by atoms with Crippen LogP contribution in [0.25, 0.3) is 0 Å². The smallest absolute Gasteiger partial charge is 0.254 e. The lowest BCUT2D eigenvalue weighted by Crippen LogP contribution is -2.22. The van der Waals surface area contributed by atoms with Gasteiger partial charge in [0.2, 0.25) is 0 Å². The first-order chi connectivity index (χ1) is 10.2. The highest BCUT2D eigenvalue weighted by Crippen LogP contribution is 2.09. The van der Waals surface area contributed by atoms with Crippen LogP contribution in [0.5, 0.6) is 0 Å². The van der Waals surface area contributed by atoms with E-state index in [1.54, 1.807) is 13.0 Å². The van der Waals surface area contributed by atoms with Crippen LogP contribution in [0.4, 0.5) is 0 Å². The predicted molar refractivity (Wildman–Crippen MR) is 79.6 cm³/mol. The van der Waals surface area contributed by atoms with Crippen LogP contribution in [0.2, 0.25) is 0 Å². The number of furan rings is 1. The zero-order chi connectivity index (χ0) is 15.1. The Kier molecular flexibility index (Phi) is 5.19. The normalized spacial score (nSPS) is 9.81. The molecule has 0 aliphatic heterocycles. The highest BCUT2D eigenvalue weighted by atomic mass is 16.3. The van der Waals surface area contributed by atoms with Crippen LogP contribution < -0.4 is 5.32 Å². The van der Waals surface area contributed by atoms with Crippen molar-refractivity contribution in [1.29, 1.82) is 0 Å². The maximum absolute atomic E-state index is 12.0. The molecule has 0 aliphatic carbocycles. The summed E-state index contributed by atoms with van der Waals surface area (Å²) in [5.74, 6) is 6.42. The second-order valence-electron chi connectivity index (χ2n) is 4.56. The van der Waals surface area contributed by atoms with Crippen molar-refractivity contribution in [3.63, 3.8) is 0 Å². The van der Waals surface area contributed by atoms with E-state index in [0.29, 0.717) is 24.3 Å². The number of aliphatic hydroxyl groups is 1. The summed E-state index contributed by atoms with van der Waals surface area (Å²) < 4.78 is 5.12. The highest BCUT2D eigenvalue weighted by Gasteiger charge is 2.08. The number of carbonyl (C=O) groups is 1. The van der Waals surface area contributed by atoms with Gasteiger partial charge in [-0.05, 0) is 24.6 Å². The molecule has 2 rings (SSSR count). The fourth-order valence-corrected chi connectivity index (χ4v) is 1.85. The minimum absolute atomic E-state index is 0.0474. The Morgan fingerprint density at radius 2 is 2.19 bits per heavy atom. The number of carbonyl (C=O) groups excluding carboxylic acids is 1. The third-order valence-electron chi connectivity index (χ3n) is 2.91. The van der Waals surface area contributed by atoms with Gasteiger partial charge in [-0.2, -0.15) is 0 Å². The molecule has 4 nitrogen and oxygen atoms in total. The van der Waals surface area contributed by atoms with Gasteiger partial charge in [0, 0.05) is 18.5 Å². The molecule has 0 saturated heterocycles. The summed E-state index contributed by atoms with van der Waals surface area (Å²) in [6.07, 6.45) is 1.88. The molecular weight excluding hydrogens is 266 g/mol. The molecule has 0 fully saturated rings. The van der Waals surface area contributed by atoms with Crippen molar-refractivity contribution in [2.24, 2.45) is 0 Å². The van der Waals surface area contributed by atoms with Gasteiger partial charge >= 0.3 is 0 Å². The summed E-state index contributed by atoms with van der Waals surface area (Å²) in [6.45, 7) is 2.24. The monoisotopic (exact) mass is 283 g/mol. The van der Waals surface area contributed by atoms with Crippen LogP contribution in [-0.2, 0) is 6.54 Å². The minimum atomic E-state index is -0.176. The molecular formula is C17H17NO3. The van der Waals surface area contributed by atoms with Gasteiger partial charge in [0.05, 0.1) is 12.2 Å². The molecule has 1 amide bonds. The number of aliphatic hydroxyl groups excluding tert-OH is 1. The van der Waals surface area contributed by atoms with Crippen LogP contribution in [0.3, 0.4) is 0 Å². The van der Waals surface area contributed by atoms with Crippen LogP contribution in [0.1, 0.15) is 33.7 Å². The van der Waals surface area contributed by atoms with E-state index in [1.165, 1.54) is 6.26 Å². The largest absolute Gasteiger partial charge is 0.469 e. The van der Waals surface area contributed by atoms with E-state index >= 15 is 0 Å². The summed E-state index contributed by atoms with van der Waals surface area (Å²) >= 11 is 0. The molecule has 1 aromatic carbocycles. The number of benzene rings is 1. The van der Waals surface area contributed by atoms with Crippen molar-refractivity contribution in [1.82, 2.24) is 5.32 Å². The quantitative estimate of drug-likeness (QED) is 0.846. The Balaban J connectivity index is 2.03. The molecule has 4 heteroatoms. The third kappa shape index (κ3) is 4.23. The van der Waals surface area contributed by atoms with Gasteiger partial charge in [-0.3, -0.25) is 4.79 Å². The van der Waals surface area contributed by atoms with E-state index in [4.69, 9.17) is 9.52 Å². The van der Waals surface area contributed by atoms with Crippen molar-refractivity contribution < 1.29 is 14.3 Å². The summed E-state index contributed by atoms with van der Waals surface area (Å²) in [5, 5.41) is 11.6. The Morgan fingerprint density at radius 3 is 2.90 bits per heavy atom. The summed E-state index contributed by atoms with van der Waals surface area (Å²) in [4.78, 5) is 12.0. The van der Waals surface area contributed by atoms with Crippen molar-refractivity contribution in [2.75, 3.05) is 6.61 Å². The van der Waals surface area contributed by atoms with Crippen LogP contribution in [0.15, 0.2) is 41.0 Å². The number of rotatable bonds is 4. The van der Waals surface area contributed by atoms with Gasteiger partial charge in [-0.25, -0.2) is 0 Å². The van der Waals surface area contributed by atoms with Crippen LogP contribution in [-0.4, -0.2) is 17.6 Å². The molecule has 0 spiro atoms. The standard InChI is InChI=1S/C17H17NO3/c1-13-10-16(12-21-13)17(20)18-11-15-8-3-2-6-14(15)7-4-5-9-19/h2-3,6,8,10,12,19H,5,9,11H2,1H3,(H,18,20). The van der Waals surface area contributed by atoms with Crippen LogP contribution >= 0.6 is 0 Å². The summed E-state index contributed by atoms with van der Waals surface area (Å²) in [6, 6.07) is 9.31. The molecule has 2 aromatic rings. The third-order valence-corrected chi connectivity index (χ3v) is 2.91. The van der Waals surface area contributed by atoms with E-state index in [2.05, 4.69) is 17.2 Å². The fourth-order valence-electron chi connectivity index (χ4n) is 1.85. The van der Waals surface area contributed by atoms with E-state index in [-0.39, 0.29) is 12.5 Å². The lowest BCUT2D eigenvalue weighted by Gasteiger charge is -2.06. The van der Waals surface area contributed by atoms with E-state index in [9.17, 15) is 4.79 Å². The Morgan fingerprint density at radius 1 is 1.38 bits per heavy atom. The summed E-state index contributed by atoms with van der Waals surface area (Å²) in [5.41, 5.74) is 2.31. The zero-order valence-electron chi connectivity index (χ0n) is 11.8. The first-order valence-corrected chi connectivity index (χ1v) is 6.71. The molecule has 108 valence electrons. The van der Waals surface area contributed by atoms with Crippen molar-refractivity contribution >= 4 is 5.91 Å². The average Bonchev–Trinajstić information content (AvgIpc) is 2.93. The number of aryl methyl sites for hydroxylation is 1. The molecule has 0 unspecified atom stereocenters. The molecule has 0 aliphatic rings. The van der Waals surface area contributed by atoms with Crippen molar-refractivity contribution in [3.8, 4) is 11.8 Å². The molecule has 1 heterocycles. The topological polar surface area (TPSA) is 62.5 Å². The Labute approximate surface area is 123 Å². The summed E-state index contributed by atoms with van der Waals surface area (Å²) in [7, 11) is 0. The molecule has 0 bridgehead atoms. The van der Waals surface area contributed by atoms with Gasteiger partial charge in [0.15, 0.2) is 0 Å². The average molecular weight is 283 g/mol. The fraction of sp³-hybridized carbons (Fsp3) is 0.235. The zero-order valence-corrected chi connectivity index (χ0v) is 11.8. The molecule has 0 saturated carbocycles. The number of amides is 1. The maximum Gasteiger partial charge on any atom is 0.254 e. The lowest BCUT2D eigenvalue weighted by atomic mass is 10.1. The van der Waals surface area contributed by atoms with Crippen LogP contribution in [0, 0.1) is 18.8 Å². The minimum Gasteiger partial charge on any atom is -0.469 e.